The molecule has 3 nitrogen and oxygen atoms in total. The van der Waals surface area contributed by atoms with Gasteiger partial charge in [0.1, 0.15) is 5.75 Å². The molecule has 1 N–H and O–H groups in total. The molecular formula is C21H30ClNO2. The topological polar surface area (TPSA) is 38.3 Å². The fourth-order valence-corrected chi connectivity index (χ4v) is 6.04. The summed E-state index contributed by atoms with van der Waals surface area (Å²) in [4.78, 5) is 13.0. The Labute approximate surface area is 156 Å². The molecule has 7 atom stereocenters. The van der Waals surface area contributed by atoms with Gasteiger partial charge in [0, 0.05) is 6.04 Å². The Kier molecular flexibility index (Phi) is 5.34. The van der Waals surface area contributed by atoms with E-state index in [0.29, 0.717) is 40.0 Å². The minimum atomic E-state index is -0.0805. The van der Waals surface area contributed by atoms with Crippen molar-refractivity contribution in [2.24, 2.45) is 35.5 Å². The molecule has 0 aromatic heterocycles. The van der Waals surface area contributed by atoms with Crippen LogP contribution >= 0.6 is 11.6 Å². The maximum absolute atomic E-state index is 13.0. The predicted molar refractivity (Wildman–Crippen MR) is 102 cm³/mol. The predicted octanol–water partition coefficient (Wildman–Crippen LogP) is 5.03. The lowest BCUT2D eigenvalue weighted by atomic mass is 9.81. The SMILES string of the molecule is CCC1C(C)C(NC(=O)c2cc(OC)ccc2Cl)C2C(C)CC(C)C12. The van der Waals surface area contributed by atoms with Crippen molar-refractivity contribution in [1.82, 2.24) is 5.32 Å². The molecular weight excluding hydrogens is 334 g/mol. The summed E-state index contributed by atoms with van der Waals surface area (Å²) in [6, 6.07) is 5.46. The van der Waals surface area contributed by atoms with E-state index < -0.39 is 0 Å². The third kappa shape index (κ3) is 3.16. The van der Waals surface area contributed by atoms with Crippen LogP contribution in [0.4, 0.5) is 0 Å². The molecule has 7 unspecified atom stereocenters. The third-order valence-corrected chi connectivity index (χ3v) is 7.17. The van der Waals surface area contributed by atoms with Crippen LogP contribution in [0.3, 0.4) is 0 Å². The van der Waals surface area contributed by atoms with Crippen LogP contribution in [0.25, 0.3) is 0 Å². The zero-order valence-electron chi connectivity index (χ0n) is 15.9. The molecule has 1 aromatic carbocycles. The largest absolute Gasteiger partial charge is 0.497 e. The van der Waals surface area contributed by atoms with Crippen LogP contribution in [0.2, 0.25) is 5.02 Å². The van der Waals surface area contributed by atoms with E-state index in [1.807, 2.05) is 0 Å². The molecule has 0 aliphatic heterocycles. The highest BCUT2D eigenvalue weighted by atomic mass is 35.5. The van der Waals surface area contributed by atoms with Crippen LogP contribution < -0.4 is 10.1 Å². The van der Waals surface area contributed by atoms with E-state index in [1.54, 1.807) is 25.3 Å². The van der Waals surface area contributed by atoms with Crippen LogP contribution in [0.15, 0.2) is 18.2 Å². The normalized spacial score (nSPS) is 37.0. The van der Waals surface area contributed by atoms with Gasteiger partial charge in [0.2, 0.25) is 0 Å². The highest BCUT2D eigenvalue weighted by Gasteiger charge is 2.55. The zero-order chi connectivity index (χ0) is 18.3. The Bertz CT molecular complexity index is 647. The first-order valence-corrected chi connectivity index (χ1v) is 9.91. The number of fused-ring (bicyclic) bond motifs is 1. The van der Waals surface area contributed by atoms with Gasteiger partial charge in [-0.15, -0.1) is 0 Å². The maximum Gasteiger partial charge on any atom is 0.253 e. The van der Waals surface area contributed by atoms with E-state index in [1.165, 1.54) is 12.8 Å². The summed E-state index contributed by atoms with van der Waals surface area (Å²) in [7, 11) is 1.60. The summed E-state index contributed by atoms with van der Waals surface area (Å²) in [6.07, 6.45) is 2.45. The first kappa shape index (κ1) is 18.6. The standard InChI is InChI=1S/C21H30ClNO2/c1-6-15-13(4)20(19-12(3)9-11(2)18(15)19)23-21(24)16-10-14(25-5)7-8-17(16)22/h7-8,10-13,15,18-20H,6,9H2,1-5H3,(H,23,24). The van der Waals surface area contributed by atoms with Gasteiger partial charge in [-0.2, -0.15) is 0 Å². The van der Waals surface area contributed by atoms with Gasteiger partial charge >= 0.3 is 0 Å². The van der Waals surface area contributed by atoms with Crippen molar-refractivity contribution >= 4 is 17.5 Å². The van der Waals surface area contributed by atoms with Crippen molar-refractivity contribution < 1.29 is 9.53 Å². The van der Waals surface area contributed by atoms with Gasteiger partial charge < -0.3 is 10.1 Å². The average molecular weight is 364 g/mol. The first-order chi connectivity index (χ1) is 11.9. The van der Waals surface area contributed by atoms with Gasteiger partial charge in [0.05, 0.1) is 17.7 Å². The minimum absolute atomic E-state index is 0.0805. The molecule has 138 valence electrons. The number of methoxy groups -OCH3 is 1. The molecule has 0 spiro atoms. The smallest absolute Gasteiger partial charge is 0.253 e. The van der Waals surface area contributed by atoms with Gasteiger partial charge in [0.15, 0.2) is 0 Å². The van der Waals surface area contributed by atoms with Crippen LogP contribution in [0.1, 0.15) is 50.9 Å². The van der Waals surface area contributed by atoms with Crippen molar-refractivity contribution in [3.63, 3.8) is 0 Å². The Morgan fingerprint density at radius 1 is 1.24 bits per heavy atom. The van der Waals surface area contributed by atoms with Crippen molar-refractivity contribution in [3.05, 3.63) is 28.8 Å². The fraction of sp³-hybridized carbons (Fsp3) is 0.667. The van der Waals surface area contributed by atoms with Gasteiger partial charge in [0.25, 0.3) is 5.91 Å². The van der Waals surface area contributed by atoms with E-state index in [9.17, 15) is 4.79 Å². The molecule has 4 heteroatoms. The Morgan fingerprint density at radius 2 is 1.92 bits per heavy atom. The molecule has 25 heavy (non-hydrogen) atoms. The van der Waals surface area contributed by atoms with Gasteiger partial charge in [-0.1, -0.05) is 45.7 Å². The summed E-state index contributed by atoms with van der Waals surface area (Å²) < 4.78 is 5.25. The second kappa shape index (κ2) is 7.19. The Hall–Kier alpha value is -1.22. The summed E-state index contributed by atoms with van der Waals surface area (Å²) in [5, 5.41) is 3.82. The number of benzene rings is 1. The Morgan fingerprint density at radius 3 is 2.56 bits per heavy atom. The number of hydrogen-bond acceptors (Lipinski definition) is 2. The molecule has 0 heterocycles. The molecule has 2 aliphatic carbocycles. The van der Waals surface area contributed by atoms with E-state index in [2.05, 4.69) is 33.0 Å². The van der Waals surface area contributed by atoms with Gasteiger partial charge in [-0.25, -0.2) is 0 Å². The van der Waals surface area contributed by atoms with E-state index >= 15 is 0 Å². The monoisotopic (exact) mass is 363 g/mol. The minimum Gasteiger partial charge on any atom is -0.497 e. The van der Waals surface area contributed by atoms with Crippen LogP contribution in [0.5, 0.6) is 5.75 Å². The lowest BCUT2D eigenvalue weighted by molar-refractivity contribution is 0.0907. The van der Waals surface area contributed by atoms with Crippen molar-refractivity contribution in [2.75, 3.05) is 7.11 Å². The highest BCUT2D eigenvalue weighted by molar-refractivity contribution is 6.33. The second-order valence-corrected chi connectivity index (χ2v) is 8.53. The highest BCUT2D eigenvalue weighted by Crippen LogP contribution is 2.56. The number of ether oxygens (including phenoxy) is 1. The van der Waals surface area contributed by atoms with Gasteiger partial charge in [-0.3, -0.25) is 4.79 Å². The van der Waals surface area contributed by atoms with Crippen molar-refractivity contribution in [1.29, 1.82) is 0 Å². The molecule has 2 aliphatic rings. The van der Waals surface area contributed by atoms with Crippen LogP contribution in [-0.2, 0) is 0 Å². The number of amides is 1. The number of halogens is 1. The van der Waals surface area contributed by atoms with E-state index in [0.717, 1.165) is 11.8 Å². The molecule has 3 rings (SSSR count). The lowest BCUT2D eigenvalue weighted by Gasteiger charge is -2.27. The molecule has 1 amide bonds. The second-order valence-electron chi connectivity index (χ2n) is 8.12. The lowest BCUT2D eigenvalue weighted by Crippen LogP contribution is -2.43. The number of carbonyl (C=O) groups excluding carboxylic acids is 1. The quantitative estimate of drug-likeness (QED) is 0.814. The number of carbonyl (C=O) groups is 1. The molecule has 1 aromatic rings. The third-order valence-electron chi connectivity index (χ3n) is 6.84. The Balaban J connectivity index is 1.85. The van der Waals surface area contributed by atoms with Crippen molar-refractivity contribution in [3.8, 4) is 5.75 Å². The summed E-state index contributed by atoms with van der Waals surface area (Å²) in [5.74, 6) is 4.46. The number of rotatable bonds is 4. The number of nitrogens with one attached hydrogen (secondary N) is 1. The summed E-state index contributed by atoms with van der Waals surface area (Å²) in [6.45, 7) is 9.34. The van der Waals surface area contributed by atoms with Crippen molar-refractivity contribution in [2.45, 2.75) is 46.6 Å². The first-order valence-electron chi connectivity index (χ1n) is 9.53. The maximum atomic E-state index is 13.0. The fourth-order valence-electron chi connectivity index (χ4n) is 5.83. The van der Waals surface area contributed by atoms with E-state index in [-0.39, 0.29) is 11.9 Å². The van der Waals surface area contributed by atoms with Gasteiger partial charge in [-0.05, 0) is 60.1 Å². The summed E-state index contributed by atoms with van der Waals surface area (Å²) >= 11 is 6.27. The zero-order valence-corrected chi connectivity index (χ0v) is 16.6. The molecule has 0 bridgehead atoms. The van der Waals surface area contributed by atoms with E-state index in [4.69, 9.17) is 16.3 Å². The molecule has 2 saturated carbocycles. The molecule has 0 saturated heterocycles. The molecule has 2 fully saturated rings. The average Bonchev–Trinajstić information content (AvgIpc) is 3.03. The van der Waals surface area contributed by atoms with Crippen LogP contribution in [0, 0.1) is 35.5 Å². The number of hydrogen-bond donors (Lipinski definition) is 1. The van der Waals surface area contributed by atoms with Crippen LogP contribution in [-0.4, -0.2) is 19.1 Å². The molecule has 0 radical (unpaired) electrons. The summed E-state index contributed by atoms with van der Waals surface area (Å²) in [5.41, 5.74) is 0.503.